The topological polar surface area (TPSA) is 30.5 Å². The lowest BCUT2D eigenvalue weighted by Crippen LogP contribution is -2.26. The molecular formula is C13H19NO2. The highest BCUT2D eigenvalue weighted by molar-refractivity contribution is 5.38. The molecule has 1 aliphatic carbocycles. The van der Waals surface area contributed by atoms with Crippen molar-refractivity contribution in [3.63, 3.8) is 0 Å². The molecule has 1 saturated carbocycles. The molecule has 3 heteroatoms. The van der Waals surface area contributed by atoms with Crippen LogP contribution in [-0.2, 0) is 6.54 Å². The second-order valence-electron chi connectivity index (χ2n) is 4.64. The van der Waals surface area contributed by atoms with E-state index >= 15 is 0 Å². The Morgan fingerprint density at radius 2 is 1.69 bits per heavy atom. The van der Waals surface area contributed by atoms with E-state index in [-0.39, 0.29) is 0 Å². The molecule has 0 aromatic heterocycles. The van der Waals surface area contributed by atoms with Crippen molar-refractivity contribution in [2.24, 2.45) is 0 Å². The summed E-state index contributed by atoms with van der Waals surface area (Å²) in [7, 11) is 3.35. The number of ether oxygens (including phenoxy) is 2. The fourth-order valence-electron chi connectivity index (χ4n) is 1.65. The molecule has 1 fully saturated rings. The maximum atomic E-state index is 5.24. The molecule has 16 heavy (non-hydrogen) atoms. The van der Waals surface area contributed by atoms with E-state index in [1.165, 1.54) is 18.4 Å². The van der Waals surface area contributed by atoms with Crippen LogP contribution < -0.4 is 14.8 Å². The van der Waals surface area contributed by atoms with Crippen molar-refractivity contribution in [2.45, 2.75) is 31.8 Å². The predicted molar refractivity (Wildman–Crippen MR) is 64.0 cm³/mol. The second-order valence-corrected chi connectivity index (χ2v) is 4.64. The number of benzene rings is 1. The summed E-state index contributed by atoms with van der Waals surface area (Å²) in [6, 6.07) is 5.98. The summed E-state index contributed by atoms with van der Waals surface area (Å²) in [6.45, 7) is 3.12. The maximum Gasteiger partial charge on any atom is 0.122 e. The molecule has 0 radical (unpaired) electrons. The van der Waals surface area contributed by atoms with Crippen LogP contribution in [0.15, 0.2) is 18.2 Å². The van der Waals surface area contributed by atoms with Gasteiger partial charge >= 0.3 is 0 Å². The van der Waals surface area contributed by atoms with Gasteiger partial charge in [0.2, 0.25) is 0 Å². The fraction of sp³-hybridized carbons (Fsp3) is 0.538. The zero-order valence-electron chi connectivity index (χ0n) is 10.2. The molecule has 0 atom stereocenters. The largest absolute Gasteiger partial charge is 0.497 e. The van der Waals surface area contributed by atoms with Gasteiger partial charge in [-0.05, 0) is 37.5 Å². The summed E-state index contributed by atoms with van der Waals surface area (Å²) in [6.07, 6.45) is 2.54. The average Bonchev–Trinajstić information content (AvgIpc) is 3.05. The van der Waals surface area contributed by atoms with E-state index in [1.807, 2.05) is 18.2 Å². The molecule has 0 unspecified atom stereocenters. The van der Waals surface area contributed by atoms with Crippen LogP contribution >= 0.6 is 0 Å². The summed E-state index contributed by atoms with van der Waals surface area (Å²) in [5, 5.41) is 3.54. The number of nitrogens with one attached hydrogen (secondary N) is 1. The third-order valence-electron chi connectivity index (χ3n) is 3.13. The van der Waals surface area contributed by atoms with E-state index in [4.69, 9.17) is 9.47 Å². The van der Waals surface area contributed by atoms with E-state index in [9.17, 15) is 0 Å². The Labute approximate surface area is 96.8 Å². The van der Waals surface area contributed by atoms with Crippen LogP contribution in [0.3, 0.4) is 0 Å². The van der Waals surface area contributed by atoms with Crippen LogP contribution in [-0.4, -0.2) is 19.8 Å². The summed E-state index contributed by atoms with van der Waals surface area (Å²) in [5.41, 5.74) is 1.56. The number of rotatable bonds is 5. The molecule has 1 N–H and O–H groups in total. The highest BCUT2D eigenvalue weighted by Gasteiger charge is 2.36. The Hall–Kier alpha value is -1.22. The maximum absolute atomic E-state index is 5.24. The molecule has 0 aliphatic heterocycles. The van der Waals surface area contributed by atoms with Crippen molar-refractivity contribution < 1.29 is 9.47 Å². The van der Waals surface area contributed by atoms with Gasteiger partial charge in [-0.3, -0.25) is 0 Å². The van der Waals surface area contributed by atoms with Crippen molar-refractivity contribution in [3.8, 4) is 11.5 Å². The first kappa shape index (κ1) is 11.3. The third kappa shape index (κ3) is 2.67. The molecule has 2 rings (SSSR count). The monoisotopic (exact) mass is 221 g/mol. The molecule has 0 amide bonds. The average molecular weight is 221 g/mol. The lowest BCUT2D eigenvalue weighted by atomic mass is 10.2. The van der Waals surface area contributed by atoms with Gasteiger partial charge in [0.05, 0.1) is 14.2 Å². The molecule has 1 aliphatic rings. The van der Waals surface area contributed by atoms with Gasteiger partial charge in [0, 0.05) is 18.2 Å². The van der Waals surface area contributed by atoms with E-state index in [1.54, 1.807) is 14.2 Å². The molecule has 3 nitrogen and oxygen atoms in total. The number of methoxy groups -OCH3 is 2. The summed E-state index contributed by atoms with van der Waals surface area (Å²) < 4.78 is 10.5. The van der Waals surface area contributed by atoms with Gasteiger partial charge < -0.3 is 14.8 Å². The van der Waals surface area contributed by atoms with E-state index < -0.39 is 0 Å². The van der Waals surface area contributed by atoms with Crippen molar-refractivity contribution in [2.75, 3.05) is 14.2 Å². The molecule has 0 heterocycles. The van der Waals surface area contributed by atoms with Gasteiger partial charge in [-0.15, -0.1) is 0 Å². The standard InChI is InChI=1S/C13H19NO2/c1-13(4-5-13)14-9-10-6-11(15-2)8-12(7-10)16-3/h6-8,14H,4-5,9H2,1-3H3. The number of hydrogen-bond donors (Lipinski definition) is 1. The van der Waals surface area contributed by atoms with Gasteiger partial charge in [0.15, 0.2) is 0 Å². The lowest BCUT2D eigenvalue weighted by Gasteiger charge is -2.13. The first-order valence-electron chi connectivity index (χ1n) is 5.62. The Balaban J connectivity index is 2.06. The Bertz CT molecular complexity index is 350. The summed E-state index contributed by atoms with van der Waals surface area (Å²) >= 11 is 0. The first-order chi connectivity index (χ1) is 7.65. The van der Waals surface area contributed by atoms with E-state index in [0.29, 0.717) is 5.54 Å². The highest BCUT2D eigenvalue weighted by Crippen LogP contribution is 2.34. The Kier molecular flexibility index (Phi) is 3.06. The summed E-state index contributed by atoms with van der Waals surface area (Å²) in [5.74, 6) is 1.69. The SMILES string of the molecule is COc1cc(CNC2(C)CC2)cc(OC)c1. The zero-order valence-corrected chi connectivity index (χ0v) is 10.2. The molecule has 88 valence electrons. The minimum Gasteiger partial charge on any atom is -0.497 e. The van der Waals surface area contributed by atoms with Gasteiger partial charge in [-0.25, -0.2) is 0 Å². The van der Waals surface area contributed by atoms with Gasteiger partial charge in [0.1, 0.15) is 11.5 Å². The molecule has 1 aromatic rings. The minimum absolute atomic E-state index is 0.357. The van der Waals surface area contributed by atoms with Gasteiger partial charge in [0.25, 0.3) is 0 Å². The van der Waals surface area contributed by atoms with Crippen LogP contribution in [0.2, 0.25) is 0 Å². The highest BCUT2D eigenvalue weighted by atomic mass is 16.5. The van der Waals surface area contributed by atoms with Crippen LogP contribution in [0, 0.1) is 0 Å². The second kappa shape index (κ2) is 4.34. The lowest BCUT2D eigenvalue weighted by molar-refractivity contribution is 0.392. The molecule has 0 spiro atoms. The van der Waals surface area contributed by atoms with E-state index in [0.717, 1.165) is 18.0 Å². The van der Waals surface area contributed by atoms with Crippen LogP contribution in [0.1, 0.15) is 25.3 Å². The van der Waals surface area contributed by atoms with Crippen LogP contribution in [0.5, 0.6) is 11.5 Å². The van der Waals surface area contributed by atoms with Crippen LogP contribution in [0.4, 0.5) is 0 Å². The van der Waals surface area contributed by atoms with Crippen molar-refractivity contribution in [3.05, 3.63) is 23.8 Å². The smallest absolute Gasteiger partial charge is 0.122 e. The Morgan fingerprint density at radius 1 is 1.12 bits per heavy atom. The normalized spacial score (nSPS) is 16.9. The molecule has 1 aromatic carbocycles. The van der Waals surface area contributed by atoms with Crippen LogP contribution in [0.25, 0.3) is 0 Å². The van der Waals surface area contributed by atoms with Crippen molar-refractivity contribution in [1.82, 2.24) is 5.32 Å². The van der Waals surface area contributed by atoms with Gasteiger partial charge in [-0.1, -0.05) is 0 Å². The predicted octanol–water partition coefficient (Wildman–Crippen LogP) is 2.35. The van der Waals surface area contributed by atoms with Crippen molar-refractivity contribution in [1.29, 1.82) is 0 Å². The molecule has 0 bridgehead atoms. The summed E-state index contributed by atoms with van der Waals surface area (Å²) in [4.78, 5) is 0. The van der Waals surface area contributed by atoms with Gasteiger partial charge in [-0.2, -0.15) is 0 Å². The molecule has 0 saturated heterocycles. The van der Waals surface area contributed by atoms with Crippen molar-refractivity contribution >= 4 is 0 Å². The fourth-order valence-corrected chi connectivity index (χ4v) is 1.65. The zero-order chi connectivity index (χ0) is 11.6. The Morgan fingerprint density at radius 3 is 2.12 bits per heavy atom. The minimum atomic E-state index is 0.357. The van der Waals surface area contributed by atoms with E-state index in [2.05, 4.69) is 12.2 Å². The number of hydrogen-bond acceptors (Lipinski definition) is 3. The quantitative estimate of drug-likeness (QED) is 0.828. The first-order valence-corrected chi connectivity index (χ1v) is 5.62. The third-order valence-corrected chi connectivity index (χ3v) is 3.13. The molecular weight excluding hydrogens is 202 g/mol.